The van der Waals surface area contributed by atoms with E-state index in [4.69, 9.17) is 4.52 Å². The minimum Gasteiger partial charge on any atom is -0.429 e. The van der Waals surface area contributed by atoms with Crippen molar-refractivity contribution >= 4 is 13.2 Å². The molecule has 1 atom stereocenters. The number of benzene rings is 2. The molecule has 2 rings (SSSR count). The van der Waals surface area contributed by atoms with Crippen molar-refractivity contribution in [2.75, 3.05) is 11.8 Å². The van der Waals surface area contributed by atoms with Gasteiger partial charge in [0.05, 0.1) is 0 Å². The van der Waals surface area contributed by atoms with Crippen LogP contribution in [0.25, 0.3) is 0 Å². The standard InChI is InChI=1S/C14H16NO2P/c1-12-8-10-13(11-9-12)15-18(2,16)17-14-6-4-3-5-7-14/h3-11H,1-2H3,(H,15,16)/t18-/m1/s1. The Kier molecular flexibility index (Phi) is 3.73. The largest absolute Gasteiger partial charge is 0.429 e. The van der Waals surface area contributed by atoms with E-state index in [0.717, 1.165) is 11.3 Å². The smallest absolute Gasteiger partial charge is 0.338 e. The molecule has 0 aliphatic heterocycles. The molecule has 0 aliphatic rings. The van der Waals surface area contributed by atoms with Crippen LogP contribution in [-0.4, -0.2) is 6.66 Å². The summed E-state index contributed by atoms with van der Waals surface area (Å²) < 4.78 is 17.8. The molecule has 18 heavy (non-hydrogen) atoms. The molecule has 1 N–H and O–H groups in total. The molecule has 94 valence electrons. The highest BCUT2D eigenvalue weighted by Gasteiger charge is 2.16. The molecule has 0 radical (unpaired) electrons. The zero-order chi connectivity index (χ0) is 13.0. The van der Waals surface area contributed by atoms with Gasteiger partial charge in [0.1, 0.15) is 5.75 Å². The highest BCUT2D eigenvalue weighted by atomic mass is 31.2. The van der Waals surface area contributed by atoms with E-state index in [9.17, 15) is 4.57 Å². The molecule has 4 heteroatoms. The Morgan fingerprint density at radius 3 is 2.22 bits per heavy atom. The van der Waals surface area contributed by atoms with Crippen molar-refractivity contribution in [2.45, 2.75) is 6.92 Å². The zero-order valence-electron chi connectivity index (χ0n) is 10.5. The second-order valence-electron chi connectivity index (χ2n) is 4.23. The molecule has 0 aliphatic carbocycles. The first-order valence-corrected chi connectivity index (χ1v) is 7.79. The first-order chi connectivity index (χ1) is 8.55. The van der Waals surface area contributed by atoms with Gasteiger partial charge in [-0.2, -0.15) is 0 Å². The van der Waals surface area contributed by atoms with E-state index in [1.54, 1.807) is 18.8 Å². The second kappa shape index (κ2) is 5.28. The van der Waals surface area contributed by atoms with Crippen LogP contribution in [0.4, 0.5) is 5.69 Å². The molecule has 0 spiro atoms. The monoisotopic (exact) mass is 261 g/mol. The van der Waals surface area contributed by atoms with E-state index in [1.165, 1.54) is 0 Å². The Morgan fingerprint density at radius 2 is 1.61 bits per heavy atom. The van der Waals surface area contributed by atoms with Gasteiger partial charge in [-0.3, -0.25) is 4.57 Å². The third kappa shape index (κ3) is 3.64. The van der Waals surface area contributed by atoms with Gasteiger partial charge in [0.2, 0.25) is 0 Å². The third-order valence-corrected chi connectivity index (χ3v) is 3.63. The molecule has 2 aromatic rings. The number of rotatable bonds is 4. The molecule has 0 fully saturated rings. The van der Waals surface area contributed by atoms with Crippen molar-refractivity contribution in [3.8, 4) is 5.75 Å². The lowest BCUT2D eigenvalue weighted by Gasteiger charge is -2.17. The topological polar surface area (TPSA) is 38.3 Å². The molecule has 2 aromatic carbocycles. The average molecular weight is 261 g/mol. The van der Waals surface area contributed by atoms with Gasteiger partial charge in [-0.25, -0.2) is 0 Å². The summed E-state index contributed by atoms with van der Waals surface area (Å²) in [4.78, 5) is 0. The summed E-state index contributed by atoms with van der Waals surface area (Å²) in [5.41, 5.74) is 1.96. The molecule has 0 heterocycles. The minimum absolute atomic E-state index is 0.600. The van der Waals surface area contributed by atoms with Gasteiger partial charge in [-0.05, 0) is 31.2 Å². The quantitative estimate of drug-likeness (QED) is 0.833. The maximum atomic E-state index is 12.3. The number of hydrogen-bond donors (Lipinski definition) is 1. The summed E-state index contributed by atoms with van der Waals surface area (Å²) >= 11 is 0. The molecular formula is C14H16NO2P. The molecule has 0 saturated heterocycles. The lowest BCUT2D eigenvalue weighted by molar-refractivity contribution is 0.493. The van der Waals surface area contributed by atoms with Crippen LogP contribution in [0.1, 0.15) is 5.56 Å². The van der Waals surface area contributed by atoms with E-state index < -0.39 is 7.52 Å². The second-order valence-corrected chi connectivity index (χ2v) is 6.33. The van der Waals surface area contributed by atoms with Crippen LogP contribution >= 0.6 is 7.52 Å². The van der Waals surface area contributed by atoms with Gasteiger partial charge in [-0.1, -0.05) is 35.9 Å². The summed E-state index contributed by atoms with van der Waals surface area (Å²) in [6.07, 6.45) is 0. The average Bonchev–Trinajstić information content (AvgIpc) is 2.32. The van der Waals surface area contributed by atoms with E-state index in [0.29, 0.717) is 5.75 Å². The predicted octanol–water partition coefficient (Wildman–Crippen LogP) is 4.31. The Balaban J connectivity index is 2.08. The number of hydrogen-bond acceptors (Lipinski definition) is 2. The Bertz CT molecular complexity index is 552. The van der Waals surface area contributed by atoms with E-state index in [-0.39, 0.29) is 0 Å². The van der Waals surface area contributed by atoms with Crippen LogP contribution in [-0.2, 0) is 4.57 Å². The van der Waals surface area contributed by atoms with Crippen molar-refractivity contribution in [1.82, 2.24) is 0 Å². The van der Waals surface area contributed by atoms with Crippen LogP contribution in [0, 0.1) is 6.92 Å². The van der Waals surface area contributed by atoms with Crippen LogP contribution in [0.5, 0.6) is 5.75 Å². The van der Waals surface area contributed by atoms with Crippen LogP contribution in [0.15, 0.2) is 54.6 Å². The maximum absolute atomic E-state index is 12.3. The summed E-state index contributed by atoms with van der Waals surface area (Å²) in [6.45, 7) is 3.58. The first kappa shape index (κ1) is 12.7. The maximum Gasteiger partial charge on any atom is 0.338 e. The van der Waals surface area contributed by atoms with E-state index >= 15 is 0 Å². The number of aryl methyl sites for hydroxylation is 1. The van der Waals surface area contributed by atoms with Crippen molar-refractivity contribution < 1.29 is 9.09 Å². The van der Waals surface area contributed by atoms with Gasteiger partial charge in [0.25, 0.3) is 0 Å². The highest BCUT2D eigenvalue weighted by Crippen LogP contribution is 2.42. The van der Waals surface area contributed by atoms with Gasteiger partial charge in [0.15, 0.2) is 0 Å². The number of para-hydroxylation sites is 1. The first-order valence-electron chi connectivity index (χ1n) is 5.72. The summed E-state index contributed by atoms with van der Waals surface area (Å²) in [5.74, 6) is 0.600. The lowest BCUT2D eigenvalue weighted by Crippen LogP contribution is -2.02. The van der Waals surface area contributed by atoms with Gasteiger partial charge < -0.3 is 9.61 Å². The third-order valence-electron chi connectivity index (χ3n) is 2.41. The van der Waals surface area contributed by atoms with Crippen LogP contribution in [0.3, 0.4) is 0 Å². The van der Waals surface area contributed by atoms with Crippen LogP contribution < -0.4 is 9.61 Å². The summed E-state index contributed by atoms with van der Waals surface area (Å²) in [5, 5.41) is 2.93. The normalized spacial score (nSPS) is 13.7. The van der Waals surface area contributed by atoms with Crippen molar-refractivity contribution in [1.29, 1.82) is 0 Å². The zero-order valence-corrected chi connectivity index (χ0v) is 11.4. The number of anilines is 1. The minimum atomic E-state index is -2.90. The molecule has 0 aromatic heterocycles. The SMILES string of the molecule is Cc1ccc(N[P@](C)(=O)Oc2ccccc2)cc1. The fourth-order valence-corrected chi connectivity index (χ4v) is 2.76. The van der Waals surface area contributed by atoms with Gasteiger partial charge >= 0.3 is 7.52 Å². The Labute approximate surface area is 107 Å². The Morgan fingerprint density at radius 1 is 1.00 bits per heavy atom. The molecule has 0 amide bonds. The highest BCUT2D eigenvalue weighted by molar-refractivity contribution is 7.60. The fraction of sp³-hybridized carbons (Fsp3) is 0.143. The fourth-order valence-electron chi connectivity index (χ4n) is 1.57. The van der Waals surface area contributed by atoms with Crippen molar-refractivity contribution in [2.24, 2.45) is 0 Å². The molecule has 0 saturated carbocycles. The van der Waals surface area contributed by atoms with Gasteiger partial charge in [0, 0.05) is 12.4 Å². The molecule has 3 nitrogen and oxygen atoms in total. The Hall–Kier alpha value is -1.73. The predicted molar refractivity (Wildman–Crippen MR) is 75.4 cm³/mol. The molecule has 0 unspecified atom stereocenters. The lowest BCUT2D eigenvalue weighted by atomic mass is 10.2. The van der Waals surface area contributed by atoms with Crippen molar-refractivity contribution in [3.05, 3.63) is 60.2 Å². The molecular weight excluding hydrogens is 245 g/mol. The summed E-state index contributed by atoms with van der Waals surface area (Å²) in [6, 6.07) is 16.9. The van der Waals surface area contributed by atoms with E-state index in [1.807, 2.05) is 49.4 Å². The summed E-state index contributed by atoms with van der Waals surface area (Å²) in [7, 11) is -2.90. The number of nitrogens with one attached hydrogen (secondary N) is 1. The molecule has 0 bridgehead atoms. The van der Waals surface area contributed by atoms with E-state index in [2.05, 4.69) is 5.09 Å². The van der Waals surface area contributed by atoms with Crippen LogP contribution in [0.2, 0.25) is 0 Å². The van der Waals surface area contributed by atoms with Crippen molar-refractivity contribution in [3.63, 3.8) is 0 Å². The van der Waals surface area contributed by atoms with Gasteiger partial charge in [-0.15, -0.1) is 0 Å².